The summed E-state index contributed by atoms with van der Waals surface area (Å²) in [4.78, 5) is 14.7. The highest BCUT2D eigenvalue weighted by Crippen LogP contribution is 2.15. The summed E-state index contributed by atoms with van der Waals surface area (Å²) in [5, 5.41) is 18.0. The first-order valence-corrected chi connectivity index (χ1v) is 6.82. The highest BCUT2D eigenvalue weighted by Gasteiger charge is 2.11. The fraction of sp³-hybridized carbons (Fsp3) is 0.308. The van der Waals surface area contributed by atoms with Crippen LogP contribution in [0.3, 0.4) is 0 Å². The fourth-order valence-electron chi connectivity index (χ4n) is 1.57. The van der Waals surface area contributed by atoms with E-state index in [1.807, 2.05) is 11.4 Å². The molecule has 0 aromatic carbocycles. The molecule has 1 N–H and O–H groups in total. The van der Waals surface area contributed by atoms with Gasteiger partial charge in [-0.15, -0.1) is 16.4 Å². The van der Waals surface area contributed by atoms with Gasteiger partial charge in [0, 0.05) is 29.1 Å². The molecule has 0 atom stereocenters. The van der Waals surface area contributed by atoms with Crippen molar-refractivity contribution in [3.05, 3.63) is 34.3 Å². The van der Waals surface area contributed by atoms with Crippen LogP contribution in [0.2, 0.25) is 0 Å². The molecule has 0 saturated carbocycles. The third-order valence-corrected chi connectivity index (χ3v) is 3.47. The van der Waals surface area contributed by atoms with Crippen molar-refractivity contribution in [2.45, 2.75) is 13.1 Å². The third kappa shape index (κ3) is 3.91. The lowest BCUT2D eigenvalue weighted by molar-refractivity contribution is -0.131. The average Bonchev–Trinajstić information content (AvgIpc) is 3.08. The van der Waals surface area contributed by atoms with E-state index in [1.54, 1.807) is 35.7 Å². The lowest BCUT2D eigenvalue weighted by Crippen LogP contribution is -2.29. The number of amides is 1. The van der Waals surface area contributed by atoms with Gasteiger partial charge in [-0.25, -0.2) is 4.68 Å². The quantitative estimate of drug-likeness (QED) is 0.824. The summed E-state index contributed by atoms with van der Waals surface area (Å²) >= 11 is 1.54. The Bertz CT molecular complexity index is 624. The Labute approximate surface area is 120 Å². The summed E-state index contributed by atoms with van der Waals surface area (Å²) in [6.45, 7) is 0.555. The normalized spacial score (nSPS) is 9.90. The van der Waals surface area contributed by atoms with Gasteiger partial charge in [-0.1, -0.05) is 17.1 Å². The number of nitrogens with zero attached hydrogens (tertiary/aromatic N) is 4. The maximum atomic E-state index is 12.0. The molecule has 0 bridgehead atoms. The summed E-state index contributed by atoms with van der Waals surface area (Å²) in [7, 11) is 1.75. The van der Waals surface area contributed by atoms with E-state index in [0.29, 0.717) is 6.54 Å². The molecule has 2 aromatic heterocycles. The highest BCUT2D eigenvalue weighted by molar-refractivity contribution is 7.10. The molecule has 0 radical (unpaired) electrons. The standard InChI is InChI=1S/C13H14N4O2S/c1-16(13(19)9-17-5-4-14-15-17)8-12-7-11(10-20-12)3-2-6-18/h4-5,7,10,18H,6,8-9H2,1H3. The molecule has 0 saturated heterocycles. The Morgan fingerprint density at radius 1 is 1.60 bits per heavy atom. The number of carbonyl (C=O) groups is 1. The van der Waals surface area contributed by atoms with Crippen LogP contribution in [0, 0.1) is 11.8 Å². The zero-order valence-corrected chi connectivity index (χ0v) is 11.8. The van der Waals surface area contributed by atoms with Crippen molar-refractivity contribution in [2.75, 3.05) is 13.7 Å². The predicted octanol–water partition coefficient (Wildman–Crippen LogP) is 0.342. The van der Waals surface area contributed by atoms with Gasteiger partial charge in [0.2, 0.25) is 5.91 Å². The molecule has 0 aliphatic heterocycles. The van der Waals surface area contributed by atoms with E-state index in [-0.39, 0.29) is 19.1 Å². The number of hydrogen-bond acceptors (Lipinski definition) is 5. The highest BCUT2D eigenvalue weighted by atomic mass is 32.1. The van der Waals surface area contributed by atoms with Gasteiger partial charge in [-0.05, 0) is 6.07 Å². The van der Waals surface area contributed by atoms with Crippen LogP contribution in [-0.4, -0.2) is 44.6 Å². The lowest BCUT2D eigenvalue weighted by Gasteiger charge is -2.15. The maximum absolute atomic E-state index is 12.0. The molecule has 7 heteroatoms. The summed E-state index contributed by atoms with van der Waals surface area (Å²) in [6.07, 6.45) is 3.19. The molecule has 2 rings (SSSR count). The SMILES string of the molecule is CN(Cc1cc(C#CCO)cs1)C(=O)Cn1ccnn1. The zero-order chi connectivity index (χ0) is 14.4. The van der Waals surface area contributed by atoms with E-state index < -0.39 is 0 Å². The van der Waals surface area contributed by atoms with E-state index >= 15 is 0 Å². The van der Waals surface area contributed by atoms with Crippen LogP contribution < -0.4 is 0 Å². The Morgan fingerprint density at radius 2 is 2.45 bits per heavy atom. The Kier molecular flexibility index (Phi) is 4.87. The van der Waals surface area contributed by atoms with Crippen molar-refractivity contribution in [3.63, 3.8) is 0 Å². The van der Waals surface area contributed by atoms with Gasteiger partial charge in [0.25, 0.3) is 0 Å². The molecule has 2 heterocycles. The fourth-order valence-corrected chi connectivity index (χ4v) is 2.44. The van der Waals surface area contributed by atoms with Crippen LogP contribution in [-0.2, 0) is 17.9 Å². The summed E-state index contributed by atoms with van der Waals surface area (Å²) in [5.41, 5.74) is 0.858. The van der Waals surface area contributed by atoms with Crippen molar-refractivity contribution in [1.82, 2.24) is 19.9 Å². The van der Waals surface area contributed by atoms with Crippen LogP contribution in [0.5, 0.6) is 0 Å². The minimum absolute atomic E-state index is 0.0353. The topological polar surface area (TPSA) is 71.2 Å². The molecule has 0 aliphatic rings. The summed E-state index contributed by atoms with van der Waals surface area (Å²) in [6, 6.07) is 1.92. The van der Waals surface area contributed by atoms with Gasteiger partial charge in [-0.2, -0.15) is 0 Å². The molecular formula is C13H14N4O2S. The number of likely N-dealkylation sites (N-methyl/N-ethyl adjacent to an activating group) is 1. The number of thiophene rings is 1. The Balaban J connectivity index is 1.92. The lowest BCUT2D eigenvalue weighted by atomic mass is 10.3. The number of aromatic nitrogens is 3. The van der Waals surface area contributed by atoms with Crippen LogP contribution in [0.4, 0.5) is 0 Å². The van der Waals surface area contributed by atoms with Crippen molar-refractivity contribution in [3.8, 4) is 11.8 Å². The molecule has 6 nitrogen and oxygen atoms in total. The minimum Gasteiger partial charge on any atom is -0.384 e. The van der Waals surface area contributed by atoms with Gasteiger partial charge < -0.3 is 10.0 Å². The van der Waals surface area contributed by atoms with Gasteiger partial charge in [0.05, 0.1) is 12.7 Å². The Morgan fingerprint density at radius 3 is 3.15 bits per heavy atom. The second-order valence-corrected chi connectivity index (χ2v) is 5.11. The van der Waals surface area contributed by atoms with Crippen molar-refractivity contribution >= 4 is 17.2 Å². The maximum Gasteiger partial charge on any atom is 0.244 e. The molecular weight excluding hydrogens is 276 g/mol. The smallest absolute Gasteiger partial charge is 0.244 e. The van der Waals surface area contributed by atoms with Gasteiger partial charge >= 0.3 is 0 Å². The first-order valence-electron chi connectivity index (χ1n) is 5.94. The van der Waals surface area contributed by atoms with Crippen molar-refractivity contribution < 1.29 is 9.90 Å². The number of carbonyl (C=O) groups excluding carboxylic acids is 1. The van der Waals surface area contributed by atoms with E-state index in [9.17, 15) is 4.79 Å². The number of aliphatic hydroxyl groups is 1. The van der Waals surface area contributed by atoms with E-state index in [4.69, 9.17) is 5.11 Å². The number of aliphatic hydroxyl groups excluding tert-OH is 1. The Hall–Kier alpha value is -2.17. The second kappa shape index (κ2) is 6.84. The van der Waals surface area contributed by atoms with E-state index in [2.05, 4.69) is 22.2 Å². The largest absolute Gasteiger partial charge is 0.384 e. The monoisotopic (exact) mass is 290 g/mol. The summed E-state index contributed by atoms with van der Waals surface area (Å²) < 4.78 is 1.49. The van der Waals surface area contributed by atoms with Gasteiger partial charge in [0.1, 0.15) is 13.2 Å². The van der Waals surface area contributed by atoms with Crippen LogP contribution >= 0.6 is 11.3 Å². The predicted molar refractivity (Wildman–Crippen MR) is 74.8 cm³/mol. The number of hydrogen-bond donors (Lipinski definition) is 1. The second-order valence-electron chi connectivity index (χ2n) is 4.11. The average molecular weight is 290 g/mol. The first-order chi connectivity index (χ1) is 9.69. The molecule has 0 spiro atoms. The van der Waals surface area contributed by atoms with E-state index in [1.165, 1.54) is 4.68 Å². The van der Waals surface area contributed by atoms with Crippen LogP contribution in [0.25, 0.3) is 0 Å². The van der Waals surface area contributed by atoms with E-state index in [0.717, 1.165) is 10.4 Å². The molecule has 0 unspecified atom stereocenters. The molecule has 104 valence electrons. The van der Waals surface area contributed by atoms with Crippen molar-refractivity contribution in [2.24, 2.45) is 0 Å². The van der Waals surface area contributed by atoms with Crippen molar-refractivity contribution in [1.29, 1.82) is 0 Å². The van der Waals surface area contributed by atoms with Crippen LogP contribution in [0.1, 0.15) is 10.4 Å². The molecule has 0 fully saturated rings. The molecule has 2 aromatic rings. The van der Waals surface area contributed by atoms with Crippen LogP contribution in [0.15, 0.2) is 23.8 Å². The minimum atomic E-state index is -0.151. The molecule has 20 heavy (non-hydrogen) atoms. The zero-order valence-electron chi connectivity index (χ0n) is 11.0. The first kappa shape index (κ1) is 14.2. The molecule has 0 aliphatic carbocycles. The third-order valence-electron chi connectivity index (χ3n) is 2.55. The molecule has 1 amide bonds. The van der Waals surface area contributed by atoms with Gasteiger partial charge in [0.15, 0.2) is 0 Å². The summed E-state index contributed by atoms with van der Waals surface area (Å²) in [5.74, 6) is 5.40. The van der Waals surface area contributed by atoms with Gasteiger partial charge in [-0.3, -0.25) is 4.79 Å². The number of rotatable bonds is 4.